The summed E-state index contributed by atoms with van der Waals surface area (Å²) < 4.78 is 18.5. The van der Waals surface area contributed by atoms with Crippen LogP contribution in [0.15, 0.2) is 36.5 Å². The topological polar surface area (TPSA) is 48.1 Å². The summed E-state index contributed by atoms with van der Waals surface area (Å²) >= 11 is 0. The van der Waals surface area contributed by atoms with E-state index in [1.54, 1.807) is 12.3 Å². The Morgan fingerprint density at radius 3 is 2.78 bits per heavy atom. The van der Waals surface area contributed by atoms with E-state index in [9.17, 15) is 4.39 Å². The molecule has 2 aromatic rings. The van der Waals surface area contributed by atoms with Crippen LogP contribution in [-0.4, -0.2) is 12.1 Å². The van der Waals surface area contributed by atoms with Crippen molar-refractivity contribution >= 4 is 0 Å². The van der Waals surface area contributed by atoms with Gasteiger partial charge in [0.2, 0.25) is 0 Å². The van der Waals surface area contributed by atoms with Crippen LogP contribution in [0.3, 0.4) is 0 Å². The molecule has 1 atom stereocenters. The lowest BCUT2D eigenvalue weighted by Gasteiger charge is -2.17. The molecule has 0 spiro atoms. The van der Waals surface area contributed by atoms with Gasteiger partial charge < -0.3 is 10.5 Å². The van der Waals surface area contributed by atoms with Crippen molar-refractivity contribution in [3.05, 3.63) is 59.2 Å². The van der Waals surface area contributed by atoms with Gasteiger partial charge in [0.25, 0.3) is 0 Å². The summed E-state index contributed by atoms with van der Waals surface area (Å²) in [4.78, 5) is 4.26. The summed E-state index contributed by atoms with van der Waals surface area (Å²) in [5, 5.41) is 0. The van der Waals surface area contributed by atoms with Crippen LogP contribution in [0.2, 0.25) is 0 Å². The lowest BCUT2D eigenvalue weighted by atomic mass is 10.00. The lowest BCUT2D eigenvalue weighted by molar-refractivity contribution is 0.406. The number of rotatable bonds is 3. The van der Waals surface area contributed by atoms with Crippen LogP contribution >= 0.6 is 0 Å². The van der Waals surface area contributed by atoms with E-state index in [0.29, 0.717) is 11.3 Å². The summed E-state index contributed by atoms with van der Waals surface area (Å²) in [5.41, 5.74) is 8.44. The lowest BCUT2D eigenvalue weighted by Crippen LogP contribution is -2.16. The molecular formula is C14H15FN2O. The van der Waals surface area contributed by atoms with Gasteiger partial charge in [0.05, 0.1) is 18.8 Å². The van der Waals surface area contributed by atoms with Gasteiger partial charge in [0.15, 0.2) is 0 Å². The highest BCUT2D eigenvalue weighted by Crippen LogP contribution is 2.29. The van der Waals surface area contributed by atoms with E-state index in [4.69, 9.17) is 10.5 Å². The van der Waals surface area contributed by atoms with Crippen LogP contribution in [0.25, 0.3) is 0 Å². The molecule has 0 fully saturated rings. The first-order valence-corrected chi connectivity index (χ1v) is 5.64. The first kappa shape index (κ1) is 12.5. The highest BCUT2D eigenvalue weighted by atomic mass is 19.1. The van der Waals surface area contributed by atoms with Crippen molar-refractivity contribution in [1.29, 1.82) is 0 Å². The number of pyridine rings is 1. The Morgan fingerprint density at radius 1 is 1.33 bits per heavy atom. The number of benzene rings is 1. The van der Waals surface area contributed by atoms with Crippen LogP contribution < -0.4 is 10.5 Å². The molecule has 2 rings (SSSR count). The Labute approximate surface area is 105 Å². The van der Waals surface area contributed by atoms with Crippen molar-refractivity contribution in [2.45, 2.75) is 13.0 Å². The number of nitrogens with two attached hydrogens (primary N) is 1. The molecule has 94 valence electrons. The van der Waals surface area contributed by atoms with Crippen molar-refractivity contribution in [3.63, 3.8) is 0 Å². The van der Waals surface area contributed by atoms with Gasteiger partial charge in [-0.3, -0.25) is 4.98 Å². The second-order valence-corrected chi connectivity index (χ2v) is 4.07. The largest absolute Gasteiger partial charge is 0.496 e. The van der Waals surface area contributed by atoms with E-state index in [1.807, 2.05) is 19.1 Å². The molecule has 1 unspecified atom stereocenters. The monoisotopic (exact) mass is 246 g/mol. The predicted molar refractivity (Wildman–Crippen MR) is 68.0 cm³/mol. The average molecular weight is 246 g/mol. The molecule has 0 saturated heterocycles. The molecule has 2 N–H and O–H groups in total. The minimum atomic E-state index is -0.503. The maximum absolute atomic E-state index is 13.3. The number of halogens is 1. The highest BCUT2D eigenvalue weighted by molar-refractivity contribution is 5.41. The minimum absolute atomic E-state index is 0.338. The molecule has 1 heterocycles. The van der Waals surface area contributed by atoms with Gasteiger partial charge in [-0.05, 0) is 36.8 Å². The first-order valence-electron chi connectivity index (χ1n) is 5.64. The summed E-state index contributed by atoms with van der Waals surface area (Å²) in [5.74, 6) is 0.226. The third-order valence-electron chi connectivity index (χ3n) is 2.87. The number of ether oxygens (including phenoxy) is 1. The summed E-state index contributed by atoms with van der Waals surface area (Å²) in [6.45, 7) is 1.92. The maximum Gasteiger partial charge on any atom is 0.124 e. The summed E-state index contributed by atoms with van der Waals surface area (Å²) in [7, 11) is 1.54. The van der Waals surface area contributed by atoms with E-state index >= 15 is 0 Å². The standard InChI is InChI=1S/C14H15FN2O/c1-9-4-3-7-17-14(9)13(16)11-8-10(15)5-6-12(11)18-2/h3-8,13H,16H2,1-2H3. The van der Waals surface area contributed by atoms with E-state index in [2.05, 4.69) is 4.98 Å². The highest BCUT2D eigenvalue weighted by Gasteiger charge is 2.17. The van der Waals surface area contributed by atoms with Crippen molar-refractivity contribution < 1.29 is 9.13 Å². The maximum atomic E-state index is 13.3. The zero-order valence-corrected chi connectivity index (χ0v) is 10.4. The SMILES string of the molecule is COc1ccc(F)cc1C(N)c1ncccc1C. The number of aromatic nitrogens is 1. The third kappa shape index (κ3) is 2.33. The van der Waals surface area contributed by atoms with Gasteiger partial charge in [-0.2, -0.15) is 0 Å². The van der Waals surface area contributed by atoms with Crippen LogP contribution in [-0.2, 0) is 0 Å². The van der Waals surface area contributed by atoms with Crippen molar-refractivity contribution in [1.82, 2.24) is 4.98 Å². The number of hydrogen-bond acceptors (Lipinski definition) is 3. The molecule has 0 aliphatic rings. The molecule has 1 aromatic carbocycles. The molecule has 0 bridgehead atoms. The summed E-state index contributed by atoms with van der Waals surface area (Å²) in [6, 6.07) is 7.57. The fraction of sp³-hybridized carbons (Fsp3) is 0.214. The van der Waals surface area contributed by atoms with Crippen molar-refractivity contribution in [3.8, 4) is 5.75 Å². The molecule has 4 heteroatoms. The quantitative estimate of drug-likeness (QED) is 0.905. The zero-order chi connectivity index (χ0) is 13.1. The summed E-state index contributed by atoms with van der Waals surface area (Å²) in [6.07, 6.45) is 1.67. The molecule has 0 aliphatic carbocycles. The second-order valence-electron chi connectivity index (χ2n) is 4.07. The van der Waals surface area contributed by atoms with Crippen molar-refractivity contribution in [2.75, 3.05) is 7.11 Å². The molecular weight excluding hydrogens is 231 g/mol. The third-order valence-corrected chi connectivity index (χ3v) is 2.87. The normalized spacial score (nSPS) is 12.2. The number of hydrogen-bond donors (Lipinski definition) is 1. The first-order chi connectivity index (χ1) is 8.63. The number of nitrogens with zero attached hydrogens (tertiary/aromatic N) is 1. The predicted octanol–water partition coefficient (Wildman–Crippen LogP) is 2.59. The smallest absolute Gasteiger partial charge is 0.124 e. The number of aryl methyl sites for hydroxylation is 1. The van der Waals surface area contributed by atoms with Gasteiger partial charge in [-0.15, -0.1) is 0 Å². The minimum Gasteiger partial charge on any atom is -0.496 e. The molecule has 0 radical (unpaired) electrons. The van der Waals surface area contributed by atoms with Gasteiger partial charge in [0.1, 0.15) is 11.6 Å². The van der Waals surface area contributed by atoms with E-state index < -0.39 is 6.04 Å². The fourth-order valence-electron chi connectivity index (χ4n) is 1.92. The van der Waals surface area contributed by atoms with Gasteiger partial charge >= 0.3 is 0 Å². The Morgan fingerprint density at radius 2 is 2.11 bits per heavy atom. The molecule has 0 saturated carbocycles. The second kappa shape index (κ2) is 5.14. The van der Waals surface area contributed by atoms with Crippen LogP contribution in [0.5, 0.6) is 5.75 Å². The molecule has 0 aliphatic heterocycles. The van der Waals surface area contributed by atoms with Crippen LogP contribution in [0.1, 0.15) is 22.9 Å². The van der Waals surface area contributed by atoms with Gasteiger partial charge in [0, 0.05) is 11.8 Å². The van der Waals surface area contributed by atoms with E-state index in [-0.39, 0.29) is 5.82 Å². The zero-order valence-electron chi connectivity index (χ0n) is 10.4. The Hall–Kier alpha value is -1.94. The molecule has 0 amide bonds. The molecule has 3 nitrogen and oxygen atoms in total. The Bertz CT molecular complexity index is 557. The van der Waals surface area contributed by atoms with E-state index in [1.165, 1.54) is 19.2 Å². The molecule has 18 heavy (non-hydrogen) atoms. The van der Waals surface area contributed by atoms with Gasteiger partial charge in [-0.1, -0.05) is 6.07 Å². The van der Waals surface area contributed by atoms with Crippen molar-refractivity contribution in [2.24, 2.45) is 5.73 Å². The van der Waals surface area contributed by atoms with Crippen LogP contribution in [0, 0.1) is 12.7 Å². The molecule has 1 aromatic heterocycles. The van der Waals surface area contributed by atoms with Gasteiger partial charge in [-0.25, -0.2) is 4.39 Å². The fourth-order valence-corrected chi connectivity index (χ4v) is 1.92. The van der Waals surface area contributed by atoms with E-state index in [0.717, 1.165) is 11.3 Å². The van der Waals surface area contributed by atoms with Crippen LogP contribution in [0.4, 0.5) is 4.39 Å². The Kier molecular flexibility index (Phi) is 3.58. The number of methoxy groups -OCH3 is 1. The Balaban J connectivity index is 2.48. The average Bonchev–Trinajstić information content (AvgIpc) is 2.38.